The van der Waals surface area contributed by atoms with Crippen LogP contribution in [0.5, 0.6) is 11.5 Å². The monoisotopic (exact) mass is 568 g/mol. The molecule has 0 saturated heterocycles. The number of ether oxygens (including phenoxy) is 2. The molecular formula is C27H21FN2O7S2. The maximum absolute atomic E-state index is 15.2. The molecule has 0 radical (unpaired) electrons. The molecular weight excluding hydrogens is 547 g/mol. The molecule has 39 heavy (non-hydrogen) atoms. The summed E-state index contributed by atoms with van der Waals surface area (Å²) in [5, 5.41) is 2.52. The number of halogens is 1. The molecule has 1 N–H and O–H groups in total. The molecule has 9 nitrogen and oxygen atoms in total. The maximum Gasteiger partial charge on any atom is 0.277 e. The topological polar surface area (TPSA) is 119 Å². The van der Waals surface area contributed by atoms with E-state index in [4.69, 9.17) is 9.47 Å². The van der Waals surface area contributed by atoms with Crippen molar-refractivity contribution in [1.82, 2.24) is 0 Å². The third-order valence-corrected chi connectivity index (χ3v) is 9.91. The first-order valence-electron chi connectivity index (χ1n) is 11.6. The highest BCUT2D eigenvalue weighted by molar-refractivity contribution is 8.10. The number of carbonyl (C=O) groups is 1. The van der Waals surface area contributed by atoms with E-state index in [9.17, 15) is 21.6 Å². The van der Waals surface area contributed by atoms with Gasteiger partial charge in [-0.05, 0) is 54.6 Å². The molecule has 1 unspecified atom stereocenters. The summed E-state index contributed by atoms with van der Waals surface area (Å²) in [5.74, 6) is -0.972. The van der Waals surface area contributed by atoms with Crippen LogP contribution in [0.25, 0.3) is 0 Å². The summed E-state index contributed by atoms with van der Waals surface area (Å²) in [6.07, 6.45) is -1.06. The minimum Gasteiger partial charge on any atom is -0.485 e. The van der Waals surface area contributed by atoms with Crippen molar-refractivity contribution in [3.05, 3.63) is 109 Å². The Morgan fingerprint density at radius 1 is 0.769 bits per heavy atom. The lowest BCUT2D eigenvalue weighted by Gasteiger charge is -2.26. The number of anilines is 2. The van der Waals surface area contributed by atoms with Crippen LogP contribution in [0.3, 0.4) is 0 Å². The second-order valence-corrected chi connectivity index (χ2v) is 12.2. The largest absolute Gasteiger partial charge is 0.485 e. The van der Waals surface area contributed by atoms with Crippen LogP contribution in [0.2, 0.25) is 0 Å². The van der Waals surface area contributed by atoms with Gasteiger partial charge in [-0.1, -0.05) is 48.5 Å². The fourth-order valence-electron chi connectivity index (χ4n) is 3.87. The van der Waals surface area contributed by atoms with Crippen molar-refractivity contribution in [2.45, 2.75) is 15.9 Å². The van der Waals surface area contributed by atoms with Gasteiger partial charge >= 0.3 is 0 Å². The Morgan fingerprint density at radius 3 is 1.90 bits per heavy atom. The number of benzene rings is 4. The average molecular weight is 569 g/mol. The van der Waals surface area contributed by atoms with Crippen LogP contribution >= 0.6 is 0 Å². The van der Waals surface area contributed by atoms with Crippen molar-refractivity contribution >= 4 is 37.3 Å². The minimum absolute atomic E-state index is 0.0339. The van der Waals surface area contributed by atoms with Crippen LogP contribution in [0, 0.1) is 5.82 Å². The van der Waals surface area contributed by atoms with E-state index in [0.29, 0.717) is 11.5 Å². The predicted octanol–water partition coefficient (Wildman–Crippen LogP) is 4.19. The predicted molar refractivity (Wildman–Crippen MR) is 141 cm³/mol. The average Bonchev–Trinajstić information content (AvgIpc) is 2.95. The number of hydrogen-bond donors (Lipinski definition) is 1. The molecule has 1 aliphatic heterocycles. The summed E-state index contributed by atoms with van der Waals surface area (Å²) in [7, 11) is -9.67. The standard InChI is InChI=1S/C27H21FN2O7S2/c28-22-16-15-19(29-27(31)26-18-36-24-13-7-8-14-25(24)37-26)17-23(22)30(38(32,33)20-9-3-1-4-10-20)39(34,35)21-11-5-2-6-12-21/h1-17,26H,18H2,(H,29,31). The van der Waals surface area contributed by atoms with E-state index in [1.807, 2.05) is 0 Å². The van der Waals surface area contributed by atoms with E-state index in [-0.39, 0.29) is 25.8 Å². The lowest BCUT2D eigenvalue weighted by molar-refractivity contribution is -0.125. The van der Waals surface area contributed by atoms with Gasteiger partial charge in [0.25, 0.3) is 26.0 Å². The van der Waals surface area contributed by atoms with Gasteiger partial charge in [0, 0.05) is 5.69 Å². The molecule has 4 aromatic carbocycles. The lowest BCUT2D eigenvalue weighted by atomic mass is 10.2. The third kappa shape index (κ3) is 5.16. The molecule has 1 amide bonds. The minimum atomic E-state index is -4.83. The van der Waals surface area contributed by atoms with Crippen molar-refractivity contribution in [2.75, 3.05) is 15.6 Å². The molecule has 1 aliphatic rings. The SMILES string of the molecule is O=C(Nc1ccc(F)c(N(S(=O)(=O)c2ccccc2)S(=O)(=O)c2ccccc2)c1)C1COc2ccccc2O1. The Morgan fingerprint density at radius 2 is 1.31 bits per heavy atom. The molecule has 0 aromatic heterocycles. The number of rotatable bonds is 7. The van der Waals surface area contributed by atoms with Crippen molar-refractivity contribution in [1.29, 1.82) is 0 Å². The molecule has 0 spiro atoms. The van der Waals surface area contributed by atoms with Gasteiger partial charge in [-0.25, -0.2) is 21.2 Å². The molecule has 12 heteroatoms. The second kappa shape index (κ2) is 10.4. The molecule has 0 fully saturated rings. The Bertz CT molecular complexity index is 1660. The summed E-state index contributed by atoms with van der Waals surface area (Å²) < 4.78 is 81.1. The van der Waals surface area contributed by atoms with Gasteiger partial charge in [0.1, 0.15) is 18.1 Å². The van der Waals surface area contributed by atoms with E-state index in [0.717, 1.165) is 12.1 Å². The van der Waals surface area contributed by atoms with Crippen LogP contribution in [-0.4, -0.2) is 35.5 Å². The summed E-state index contributed by atoms with van der Waals surface area (Å²) in [5.41, 5.74) is -0.859. The molecule has 1 atom stereocenters. The highest BCUT2D eigenvalue weighted by Crippen LogP contribution is 2.35. The zero-order chi connectivity index (χ0) is 27.6. The Labute approximate surface area is 224 Å². The molecule has 0 bridgehead atoms. The number of hydrogen-bond acceptors (Lipinski definition) is 7. The van der Waals surface area contributed by atoms with Gasteiger partial charge in [0.2, 0.25) is 6.10 Å². The summed E-state index contributed by atoms with van der Waals surface area (Å²) >= 11 is 0. The number of nitrogens with one attached hydrogen (secondary N) is 1. The number of carbonyl (C=O) groups excluding carboxylic acids is 1. The van der Waals surface area contributed by atoms with E-state index >= 15 is 4.39 Å². The zero-order valence-corrected chi connectivity index (χ0v) is 21.7. The smallest absolute Gasteiger partial charge is 0.277 e. The first-order valence-corrected chi connectivity index (χ1v) is 14.5. The van der Waals surface area contributed by atoms with Crippen molar-refractivity contribution in [3.63, 3.8) is 0 Å². The fourth-order valence-corrected chi connectivity index (χ4v) is 7.60. The van der Waals surface area contributed by atoms with Crippen molar-refractivity contribution in [2.24, 2.45) is 0 Å². The van der Waals surface area contributed by atoms with E-state index < -0.39 is 43.6 Å². The van der Waals surface area contributed by atoms with Gasteiger partial charge in [-0.15, -0.1) is 0 Å². The molecule has 0 saturated carbocycles. The quantitative estimate of drug-likeness (QED) is 0.355. The molecule has 0 aliphatic carbocycles. The first-order chi connectivity index (χ1) is 18.7. The van der Waals surface area contributed by atoms with E-state index in [1.165, 1.54) is 54.6 Å². The fraction of sp³-hybridized carbons (Fsp3) is 0.0741. The van der Waals surface area contributed by atoms with E-state index in [2.05, 4.69) is 5.32 Å². The number of sulfonamides is 2. The Balaban J connectivity index is 1.54. The highest BCUT2D eigenvalue weighted by atomic mass is 32.3. The Hall–Kier alpha value is -4.42. The van der Waals surface area contributed by atoms with Crippen LogP contribution in [0.1, 0.15) is 0 Å². The Kier molecular flexibility index (Phi) is 6.98. The van der Waals surface area contributed by atoms with Gasteiger partial charge in [-0.3, -0.25) is 4.79 Å². The number of para-hydroxylation sites is 2. The zero-order valence-electron chi connectivity index (χ0n) is 20.1. The number of fused-ring (bicyclic) bond motifs is 1. The van der Waals surface area contributed by atoms with Gasteiger partial charge in [-0.2, -0.15) is 3.71 Å². The summed E-state index contributed by atoms with van der Waals surface area (Å²) in [6, 6.07) is 23.3. The molecule has 1 heterocycles. The van der Waals surface area contributed by atoms with Crippen LogP contribution in [0.4, 0.5) is 15.8 Å². The van der Waals surface area contributed by atoms with Gasteiger partial charge in [0.05, 0.1) is 9.79 Å². The molecule has 5 rings (SSSR count). The second-order valence-electron chi connectivity index (χ2n) is 8.35. The van der Waals surface area contributed by atoms with Crippen LogP contribution < -0.4 is 18.5 Å². The lowest BCUT2D eigenvalue weighted by Crippen LogP contribution is -2.40. The third-order valence-electron chi connectivity index (χ3n) is 5.73. The number of nitrogens with zero attached hydrogens (tertiary/aromatic N) is 1. The van der Waals surface area contributed by atoms with Gasteiger partial charge < -0.3 is 14.8 Å². The summed E-state index contributed by atoms with van der Waals surface area (Å²) in [6.45, 7) is -0.103. The number of amides is 1. The van der Waals surface area contributed by atoms with Crippen molar-refractivity contribution < 1.29 is 35.5 Å². The highest BCUT2D eigenvalue weighted by Gasteiger charge is 2.39. The van der Waals surface area contributed by atoms with Gasteiger partial charge in [0.15, 0.2) is 11.5 Å². The first kappa shape index (κ1) is 26.2. The maximum atomic E-state index is 15.2. The van der Waals surface area contributed by atoms with Crippen molar-refractivity contribution in [3.8, 4) is 11.5 Å². The van der Waals surface area contributed by atoms with E-state index in [1.54, 1.807) is 36.4 Å². The normalized spacial score (nSPS) is 14.8. The van der Waals surface area contributed by atoms with Crippen LogP contribution in [-0.2, 0) is 24.8 Å². The summed E-state index contributed by atoms with van der Waals surface area (Å²) in [4.78, 5) is 12.2. The van der Waals surface area contributed by atoms with Crippen LogP contribution in [0.15, 0.2) is 113 Å². The molecule has 4 aromatic rings. The molecule has 200 valence electrons.